The van der Waals surface area contributed by atoms with Crippen LogP contribution in [0.25, 0.3) is 11.2 Å². The Morgan fingerprint density at radius 1 is 1.16 bits per heavy atom. The van der Waals surface area contributed by atoms with Gasteiger partial charge in [0.05, 0.1) is 19.0 Å². The third kappa shape index (κ3) is 2.85. The number of hydrogen-bond donors (Lipinski definition) is 5. The van der Waals surface area contributed by atoms with Crippen molar-refractivity contribution in [1.29, 1.82) is 0 Å². The van der Waals surface area contributed by atoms with E-state index in [2.05, 4.69) is 20.3 Å². The van der Waals surface area contributed by atoms with Gasteiger partial charge in [0.15, 0.2) is 23.2 Å². The molecule has 2 aromatic heterocycles. The highest BCUT2D eigenvalue weighted by Gasteiger charge is 2.44. The first-order valence-electron chi connectivity index (χ1n) is 8.33. The molecule has 0 unspecified atom stereocenters. The molecule has 5 N–H and O–H groups in total. The van der Waals surface area contributed by atoms with E-state index in [4.69, 9.17) is 4.74 Å². The lowest BCUT2D eigenvalue weighted by Crippen LogP contribution is -2.33. The largest absolute Gasteiger partial charge is 0.394 e. The lowest BCUT2D eigenvalue weighted by Gasteiger charge is -2.17. The monoisotopic (exact) mass is 351 g/mol. The summed E-state index contributed by atoms with van der Waals surface area (Å²) in [6.45, 7) is -0.396. The quantitative estimate of drug-likeness (QED) is 0.456. The predicted molar refractivity (Wildman–Crippen MR) is 85.6 cm³/mol. The van der Waals surface area contributed by atoms with Gasteiger partial charge in [-0.05, 0) is 19.3 Å². The van der Waals surface area contributed by atoms with Gasteiger partial charge in [0, 0.05) is 6.04 Å². The lowest BCUT2D eigenvalue weighted by molar-refractivity contribution is -0.0511. The number of hydrogen-bond acceptors (Lipinski definition) is 9. The van der Waals surface area contributed by atoms with Gasteiger partial charge in [0.1, 0.15) is 24.6 Å². The van der Waals surface area contributed by atoms with E-state index in [0.29, 0.717) is 23.4 Å². The minimum Gasteiger partial charge on any atom is -0.394 e. The fraction of sp³-hybridized carbons (Fsp3) is 0.667. The number of imidazole rings is 1. The molecule has 1 saturated heterocycles. The van der Waals surface area contributed by atoms with Crippen LogP contribution in [0.2, 0.25) is 0 Å². The molecule has 2 aromatic rings. The fourth-order valence-electron chi connectivity index (χ4n) is 3.54. The normalized spacial score (nSPS) is 35.5. The predicted octanol–water partition coefficient (Wildman–Crippen LogP) is -1.24. The van der Waals surface area contributed by atoms with Crippen LogP contribution in [0.15, 0.2) is 12.7 Å². The average Bonchev–Trinajstić information content (AvgIpc) is 3.28. The summed E-state index contributed by atoms with van der Waals surface area (Å²) in [4.78, 5) is 12.8. The van der Waals surface area contributed by atoms with Crippen molar-refractivity contribution >= 4 is 17.0 Å². The first-order chi connectivity index (χ1) is 12.1. The Morgan fingerprint density at radius 3 is 2.68 bits per heavy atom. The van der Waals surface area contributed by atoms with Crippen molar-refractivity contribution in [3.63, 3.8) is 0 Å². The van der Waals surface area contributed by atoms with Gasteiger partial charge in [0.2, 0.25) is 0 Å². The van der Waals surface area contributed by atoms with Gasteiger partial charge in [-0.3, -0.25) is 4.57 Å². The summed E-state index contributed by atoms with van der Waals surface area (Å²) in [6.07, 6.45) is 0.657. The standard InChI is InChI=1S/C15H21N5O5/c21-4-9-11(23)12(24)15(25-9)20-6-18-10-13(16-5-17-14(10)20)19-7-1-2-8(22)3-7/h5-9,11-12,15,21-24H,1-4H2,(H,16,17,19)/t7-,8-,9+,11+,12+,15+/m0/s1. The zero-order chi connectivity index (χ0) is 17.6. The molecule has 2 aliphatic rings. The first kappa shape index (κ1) is 16.6. The molecule has 0 spiro atoms. The summed E-state index contributed by atoms with van der Waals surface area (Å²) < 4.78 is 7.06. The van der Waals surface area contributed by atoms with Gasteiger partial charge in [-0.1, -0.05) is 0 Å². The van der Waals surface area contributed by atoms with Crippen molar-refractivity contribution in [2.24, 2.45) is 0 Å². The van der Waals surface area contributed by atoms with E-state index in [1.807, 2.05) is 0 Å². The van der Waals surface area contributed by atoms with Crippen molar-refractivity contribution in [2.45, 2.75) is 55.9 Å². The van der Waals surface area contributed by atoms with Crippen LogP contribution in [-0.2, 0) is 4.74 Å². The van der Waals surface area contributed by atoms with E-state index >= 15 is 0 Å². The lowest BCUT2D eigenvalue weighted by atomic mass is 10.1. The molecule has 1 aliphatic carbocycles. The van der Waals surface area contributed by atoms with Crippen LogP contribution in [0.4, 0.5) is 5.82 Å². The minimum absolute atomic E-state index is 0.118. The van der Waals surface area contributed by atoms with Crippen LogP contribution in [-0.4, -0.2) is 77.0 Å². The average molecular weight is 351 g/mol. The highest BCUT2D eigenvalue weighted by atomic mass is 16.6. The summed E-state index contributed by atoms with van der Waals surface area (Å²) in [7, 11) is 0. The third-order valence-electron chi connectivity index (χ3n) is 4.90. The molecule has 10 heteroatoms. The highest BCUT2D eigenvalue weighted by molar-refractivity contribution is 5.82. The number of nitrogens with one attached hydrogen (secondary N) is 1. The van der Waals surface area contributed by atoms with Crippen molar-refractivity contribution < 1.29 is 25.2 Å². The number of aliphatic hydroxyl groups excluding tert-OH is 4. The Bertz CT molecular complexity index is 755. The summed E-state index contributed by atoms with van der Waals surface area (Å²) in [5.41, 5.74) is 0.965. The summed E-state index contributed by atoms with van der Waals surface area (Å²) in [5.74, 6) is 0.551. The molecule has 6 atom stereocenters. The molecule has 136 valence electrons. The second kappa shape index (κ2) is 6.46. The van der Waals surface area contributed by atoms with Crippen molar-refractivity contribution in [2.75, 3.05) is 11.9 Å². The van der Waals surface area contributed by atoms with E-state index in [1.165, 1.54) is 17.2 Å². The molecule has 2 fully saturated rings. The maximum atomic E-state index is 10.2. The Balaban J connectivity index is 1.63. The van der Waals surface area contributed by atoms with Gasteiger partial charge in [-0.15, -0.1) is 0 Å². The van der Waals surface area contributed by atoms with Crippen molar-refractivity contribution in [3.05, 3.63) is 12.7 Å². The van der Waals surface area contributed by atoms with Crippen LogP contribution < -0.4 is 5.32 Å². The van der Waals surface area contributed by atoms with E-state index in [-0.39, 0.29) is 12.1 Å². The topological polar surface area (TPSA) is 146 Å². The Labute approximate surface area is 143 Å². The van der Waals surface area contributed by atoms with Gasteiger partial charge >= 0.3 is 0 Å². The highest BCUT2D eigenvalue weighted by Crippen LogP contribution is 2.32. The number of nitrogens with zero attached hydrogens (tertiary/aromatic N) is 4. The molecule has 0 aromatic carbocycles. The molecule has 0 radical (unpaired) electrons. The van der Waals surface area contributed by atoms with Crippen LogP contribution in [0.5, 0.6) is 0 Å². The van der Waals surface area contributed by atoms with E-state index in [1.54, 1.807) is 0 Å². The van der Waals surface area contributed by atoms with Crippen molar-refractivity contribution in [3.8, 4) is 0 Å². The van der Waals surface area contributed by atoms with Gasteiger partial charge in [-0.2, -0.15) is 0 Å². The van der Waals surface area contributed by atoms with Crippen LogP contribution in [0.1, 0.15) is 25.5 Å². The van der Waals surface area contributed by atoms with Gasteiger partial charge in [0.25, 0.3) is 0 Å². The Morgan fingerprint density at radius 2 is 2.00 bits per heavy atom. The molecule has 10 nitrogen and oxygen atoms in total. The van der Waals surface area contributed by atoms with Crippen molar-refractivity contribution in [1.82, 2.24) is 19.5 Å². The van der Waals surface area contributed by atoms with Crippen LogP contribution in [0.3, 0.4) is 0 Å². The number of fused-ring (bicyclic) bond motifs is 1. The number of anilines is 1. The van der Waals surface area contributed by atoms with E-state index < -0.39 is 31.1 Å². The maximum absolute atomic E-state index is 10.2. The number of rotatable bonds is 4. The molecule has 25 heavy (non-hydrogen) atoms. The molecule has 1 saturated carbocycles. The zero-order valence-electron chi connectivity index (χ0n) is 13.4. The maximum Gasteiger partial charge on any atom is 0.167 e. The second-order valence-electron chi connectivity index (χ2n) is 6.58. The molecule has 3 heterocycles. The molecule has 4 rings (SSSR count). The molecular formula is C15H21N5O5. The molecule has 0 amide bonds. The second-order valence-corrected chi connectivity index (χ2v) is 6.58. The Hall–Kier alpha value is -1.85. The van der Waals surface area contributed by atoms with Gasteiger partial charge < -0.3 is 30.5 Å². The summed E-state index contributed by atoms with van der Waals surface area (Å²) in [6, 6.07) is 0.118. The third-order valence-corrected chi connectivity index (χ3v) is 4.90. The Kier molecular flexibility index (Phi) is 4.29. The van der Waals surface area contributed by atoms with E-state index in [9.17, 15) is 20.4 Å². The first-order valence-corrected chi connectivity index (χ1v) is 8.33. The number of ether oxygens (including phenoxy) is 1. The fourth-order valence-corrected chi connectivity index (χ4v) is 3.54. The van der Waals surface area contributed by atoms with Crippen LogP contribution >= 0.6 is 0 Å². The number of aromatic nitrogens is 4. The minimum atomic E-state index is -1.20. The summed E-state index contributed by atoms with van der Waals surface area (Å²) in [5, 5.41) is 42.3. The number of aliphatic hydroxyl groups is 4. The summed E-state index contributed by atoms with van der Waals surface area (Å²) >= 11 is 0. The zero-order valence-corrected chi connectivity index (χ0v) is 13.4. The molecule has 0 bridgehead atoms. The van der Waals surface area contributed by atoms with Gasteiger partial charge in [-0.25, -0.2) is 15.0 Å². The smallest absolute Gasteiger partial charge is 0.167 e. The van der Waals surface area contributed by atoms with Crippen LogP contribution in [0, 0.1) is 0 Å². The SMILES string of the molecule is OC[C@H]1O[C@@H](n2cnc3c(N[C@H]4CC[C@H](O)C4)ncnc32)[C@H](O)[C@@H]1O. The molecular weight excluding hydrogens is 330 g/mol. The van der Waals surface area contributed by atoms with E-state index in [0.717, 1.165) is 12.8 Å². The molecule has 1 aliphatic heterocycles.